The Labute approximate surface area is 158 Å². The third-order valence-corrected chi connectivity index (χ3v) is 5.19. The average Bonchev–Trinajstić information content (AvgIpc) is 2.91. The zero-order chi connectivity index (χ0) is 19.3. The Morgan fingerprint density at radius 3 is 2.31 bits per heavy atom. The van der Waals surface area contributed by atoms with Crippen LogP contribution in [0.25, 0.3) is 5.57 Å². The van der Waals surface area contributed by atoms with Gasteiger partial charge >= 0.3 is 11.6 Å². The van der Waals surface area contributed by atoms with Gasteiger partial charge in [-0.3, -0.25) is 4.68 Å². The molecule has 1 aliphatic carbocycles. The smallest absolute Gasteiger partial charge is 0.335 e. The maximum absolute atomic E-state index is 10.6. The minimum atomic E-state index is -0.750. The average molecular weight is 375 g/mol. The summed E-state index contributed by atoms with van der Waals surface area (Å²) in [7, 11) is 0. The predicted octanol–water partition coefficient (Wildman–Crippen LogP) is 3.49. The van der Waals surface area contributed by atoms with Crippen molar-refractivity contribution in [2.24, 2.45) is 11.8 Å². The van der Waals surface area contributed by atoms with E-state index < -0.39 is 17.7 Å². The summed E-state index contributed by atoms with van der Waals surface area (Å²) < 4.78 is 18.7. The lowest BCUT2D eigenvalue weighted by Crippen LogP contribution is -2.21. The summed E-state index contributed by atoms with van der Waals surface area (Å²) in [5, 5.41) is 15.3. The van der Waals surface area contributed by atoms with Crippen molar-refractivity contribution < 1.29 is 13.5 Å². The highest BCUT2D eigenvalue weighted by Gasteiger charge is 2.31. The van der Waals surface area contributed by atoms with Gasteiger partial charge in [0.05, 0.1) is 17.8 Å². The van der Waals surface area contributed by atoms with Gasteiger partial charge in [0.1, 0.15) is 0 Å². The van der Waals surface area contributed by atoms with Gasteiger partial charge in [-0.25, -0.2) is 0 Å². The highest BCUT2D eigenvalue weighted by molar-refractivity contribution is 7.51. The van der Waals surface area contributed by atoms with Crippen LogP contribution >= 0.6 is 0 Å². The van der Waals surface area contributed by atoms with Crippen LogP contribution in [0.5, 0.6) is 0 Å². The van der Waals surface area contributed by atoms with Crippen LogP contribution in [0, 0.1) is 25.7 Å². The van der Waals surface area contributed by atoms with E-state index in [1.807, 2.05) is 19.1 Å². The Morgan fingerprint density at radius 2 is 1.77 bits per heavy atom. The summed E-state index contributed by atoms with van der Waals surface area (Å²) in [5.41, 5.74) is 4.57. The standard InChI is InChI=1S/C20H26N2O.O2S/c1-13-10-19(22-15(3)11-14(2)21-22)18(12-20(23)16(13)4)17-8-6-5-7-9-17;1-3-2/h5-9,11-13,16,19-20,23H,10H2,1-4H3;. The van der Waals surface area contributed by atoms with E-state index in [1.165, 1.54) is 16.8 Å². The molecule has 0 spiro atoms. The number of rotatable bonds is 2. The fraction of sp³-hybridized carbons (Fsp3) is 0.450. The monoisotopic (exact) mass is 374 g/mol. The summed E-state index contributed by atoms with van der Waals surface area (Å²) in [6.45, 7) is 8.51. The zero-order valence-electron chi connectivity index (χ0n) is 15.6. The molecule has 0 aliphatic heterocycles. The number of allylic oxidation sites excluding steroid dienone is 1. The van der Waals surface area contributed by atoms with Crippen molar-refractivity contribution in [3.63, 3.8) is 0 Å². The molecule has 140 valence electrons. The minimum Gasteiger partial charge on any atom is -0.389 e. The first kappa shape index (κ1) is 20.3. The second-order valence-electron chi connectivity index (χ2n) is 7.01. The Bertz CT molecular complexity index is 795. The highest BCUT2D eigenvalue weighted by atomic mass is 32.1. The zero-order valence-corrected chi connectivity index (χ0v) is 16.4. The van der Waals surface area contributed by atoms with Crippen LogP contribution < -0.4 is 0 Å². The molecular formula is C20H26N2O3S. The van der Waals surface area contributed by atoms with E-state index in [9.17, 15) is 5.11 Å². The molecule has 1 aromatic carbocycles. The van der Waals surface area contributed by atoms with E-state index >= 15 is 0 Å². The third kappa shape index (κ3) is 4.56. The lowest BCUT2D eigenvalue weighted by atomic mass is 9.88. The number of aromatic nitrogens is 2. The Hall–Kier alpha value is -2.05. The molecule has 1 heterocycles. The molecule has 0 radical (unpaired) electrons. The number of aryl methyl sites for hydroxylation is 2. The van der Waals surface area contributed by atoms with Crippen LogP contribution in [0.2, 0.25) is 0 Å². The number of hydrogen-bond donors (Lipinski definition) is 1. The van der Waals surface area contributed by atoms with Crippen LogP contribution in [0.3, 0.4) is 0 Å². The molecule has 3 rings (SSSR count). The Morgan fingerprint density at radius 1 is 1.15 bits per heavy atom. The van der Waals surface area contributed by atoms with Crippen LogP contribution in [-0.2, 0) is 11.6 Å². The van der Waals surface area contributed by atoms with E-state index in [0.29, 0.717) is 5.92 Å². The van der Waals surface area contributed by atoms with Crippen LogP contribution in [-0.4, -0.2) is 29.4 Å². The molecule has 5 nitrogen and oxygen atoms in total. The van der Waals surface area contributed by atoms with E-state index in [0.717, 1.165) is 12.1 Å². The minimum absolute atomic E-state index is 0.167. The quantitative estimate of drug-likeness (QED) is 0.873. The largest absolute Gasteiger partial charge is 0.389 e. The fourth-order valence-electron chi connectivity index (χ4n) is 3.59. The first-order valence-corrected chi connectivity index (χ1v) is 9.45. The van der Waals surface area contributed by atoms with Gasteiger partial charge in [-0.1, -0.05) is 44.2 Å². The molecule has 4 atom stereocenters. The van der Waals surface area contributed by atoms with Crippen LogP contribution in [0.15, 0.2) is 42.5 Å². The molecule has 2 aromatic rings. The SMILES string of the molecule is Cc1cc(C)n(C2CC(C)C(C)C(O)C=C2c2ccccc2)n1.O=S=O. The van der Waals surface area contributed by atoms with Crippen molar-refractivity contribution in [1.82, 2.24) is 9.78 Å². The highest BCUT2D eigenvalue weighted by Crippen LogP contribution is 2.40. The van der Waals surface area contributed by atoms with Crippen LogP contribution in [0.1, 0.15) is 43.3 Å². The Balaban J connectivity index is 0.000000758. The van der Waals surface area contributed by atoms with Crippen molar-refractivity contribution in [3.05, 3.63) is 59.4 Å². The summed E-state index contributed by atoms with van der Waals surface area (Å²) >= 11 is -0.750. The van der Waals surface area contributed by atoms with Gasteiger partial charge in [-0.05, 0) is 55.4 Å². The second kappa shape index (κ2) is 9.05. The summed E-state index contributed by atoms with van der Waals surface area (Å²) in [5.74, 6) is 0.673. The molecule has 0 fully saturated rings. The van der Waals surface area contributed by atoms with Gasteiger partial charge in [0, 0.05) is 5.69 Å². The molecule has 1 aliphatic rings. The van der Waals surface area contributed by atoms with Crippen molar-refractivity contribution >= 4 is 17.1 Å². The maximum Gasteiger partial charge on any atom is 0.335 e. The van der Waals surface area contributed by atoms with Crippen LogP contribution in [0.4, 0.5) is 0 Å². The number of nitrogens with zero attached hydrogens (tertiary/aromatic N) is 2. The summed E-state index contributed by atoms with van der Waals surface area (Å²) in [6, 6.07) is 12.7. The molecule has 1 N–H and O–H groups in total. The summed E-state index contributed by atoms with van der Waals surface area (Å²) in [6.07, 6.45) is 2.62. The van der Waals surface area contributed by atoms with Gasteiger partial charge in [-0.2, -0.15) is 13.5 Å². The topological polar surface area (TPSA) is 72.2 Å². The normalized spacial score (nSPS) is 25.5. The van der Waals surface area contributed by atoms with Gasteiger partial charge in [0.2, 0.25) is 0 Å². The molecule has 0 amide bonds. The lowest BCUT2D eigenvalue weighted by molar-refractivity contribution is 0.126. The first-order valence-electron chi connectivity index (χ1n) is 8.78. The number of aliphatic hydroxyl groups excluding tert-OH is 1. The molecule has 4 unspecified atom stereocenters. The van der Waals surface area contributed by atoms with Crippen molar-refractivity contribution in [2.75, 3.05) is 0 Å². The van der Waals surface area contributed by atoms with Crippen molar-refractivity contribution in [2.45, 2.75) is 46.3 Å². The van der Waals surface area contributed by atoms with E-state index in [4.69, 9.17) is 13.5 Å². The van der Waals surface area contributed by atoms with Gasteiger partial charge in [0.15, 0.2) is 0 Å². The molecule has 0 saturated carbocycles. The molecule has 0 bridgehead atoms. The molecular weight excluding hydrogens is 348 g/mol. The van der Waals surface area contributed by atoms with Gasteiger partial charge in [-0.15, -0.1) is 0 Å². The van der Waals surface area contributed by atoms with E-state index in [-0.39, 0.29) is 12.0 Å². The number of aliphatic hydroxyl groups is 1. The molecule has 6 heteroatoms. The third-order valence-electron chi connectivity index (χ3n) is 5.19. The first-order chi connectivity index (χ1) is 12.4. The van der Waals surface area contributed by atoms with Crippen molar-refractivity contribution in [3.8, 4) is 0 Å². The molecule has 1 aromatic heterocycles. The van der Waals surface area contributed by atoms with Crippen molar-refractivity contribution in [1.29, 1.82) is 0 Å². The summed E-state index contributed by atoms with van der Waals surface area (Å²) in [4.78, 5) is 0. The van der Waals surface area contributed by atoms with Gasteiger partial charge < -0.3 is 5.11 Å². The fourth-order valence-corrected chi connectivity index (χ4v) is 3.59. The molecule has 26 heavy (non-hydrogen) atoms. The lowest BCUT2D eigenvalue weighted by Gasteiger charge is -2.25. The number of benzene rings is 1. The maximum atomic E-state index is 10.6. The second-order valence-corrected chi connectivity index (χ2v) is 7.14. The number of hydrogen-bond acceptors (Lipinski definition) is 4. The predicted molar refractivity (Wildman–Crippen MR) is 103 cm³/mol. The van der Waals surface area contributed by atoms with E-state index in [2.05, 4.69) is 55.8 Å². The van der Waals surface area contributed by atoms with Gasteiger partial charge in [0.25, 0.3) is 0 Å². The van der Waals surface area contributed by atoms with E-state index in [1.54, 1.807) is 0 Å². The Kier molecular flexibility index (Phi) is 7.06. The molecule has 0 saturated heterocycles.